The predicted octanol–water partition coefficient (Wildman–Crippen LogP) is 4.47. The summed E-state index contributed by atoms with van der Waals surface area (Å²) in [6, 6.07) is 7.85. The maximum absolute atomic E-state index is 13.5. The van der Waals surface area contributed by atoms with Crippen LogP contribution in [0.2, 0.25) is 0 Å². The quantitative estimate of drug-likeness (QED) is 0.414. The van der Waals surface area contributed by atoms with Crippen LogP contribution in [0.4, 0.5) is 18.0 Å². The molecule has 2 aromatic rings. The molecule has 0 aliphatic carbocycles. The molecule has 2 aromatic carbocycles. The average molecular weight is 619 g/mol. The molecule has 13 heteroatoms. The highest BCUT2D eigenvalue weighted by Crippen LogP contribution is 2.37. The molecule has 10 nitrogen and oxygen atoms in total. The fourth-order valence-corrected chi connectivity index (χ4v) is 5.60. The topological polar surface area (TPSA) is 101 Å². The Morgan fingerprint density at radius 3 is 2.25 bits per heavy atom. The molecule has 238 valence electrons. The standard InChI is InChI=1S/C31H37F3N4O6/c1-6-37-23(18-36-14-15-38(19(3)17-36)28(39)20-8-11-22(12-9-20)31(32,33)34)26(29(40)44-7-2)27(35-30(37)41)21-10-13-24(42-4)25(16-21)43-5/h8-13,16,19,27H,6-7,14-15,17-18H2,1-5H3,(H,35,41). The van der Waals surface area contributed by atoms with Gasteiger partial charge in [0.25, 0.3) is 5.91 Å². The second-order valence-corrected chi connectivity index (χ2v) is 10.5. The van der Waals surface area contributed by atoms with E-state index in [4.69, 9.17) is 14.2 Å². The van der Waals surface area contributed by atoms with Gasteiger partial charge < -0.3 is 24.4 Å². The lowest BCUT2D eigenvalue weighted by molar-refractivity contribution is -0.139. The summed E-state index contributed by atoms with van der Waals surface area (Å²) < 4.78 is 55.2. The minimum Gasteiger partial charge on any atom is -0.493 e. The number of halogens is 3. The maximum atomic E-state index is 13.5. The molecule has 0 radical (unpaired) electrons. The summed E-state index contributed by atoms with van der Waals surface area (Å²) in [5.41, 5.74) is 0.735. The number of piperazine rings is 1. The van der Waals surface area contributed by atoms with Gasteiger partial charge >= 0.3 is 18.2 Å². The Bertz CT molecular complexity index is 1410. The van der Waals surface area contributed by atoms with Crippen LogP contribution in [0.25, 0.3) is 0 Å². The van der Waals surface area contributed by atoms with Crippen LogP contribution in [0.3, 0.4) is 0 Å². The third-order valence-electron chi connectivity index (χ3n) is 7.80. The van der Waals surface area contributed by atoms with Crippen LogP contribution in [0.15, 0.2) is 53.7 Å². The highest BCUT2D eigenvalue weighted by atomic mass is 19.4. The van der Waals surface area contributed by atoms with Gasteiger partial charge in [0.05, 0.1) is 38.0 Å². The number of ether oxygens (including phenoxy) is 3. The zero-order valence-corrected chi connectivity index (χ0v) is 25.4. The highest BCUT2D eigenvalue weighted by Gasteiger charge is 2.40. The van der Waals surface area contributed by atoms with Crippen LogP contribution in [0.5, 0.6) is 11.5 Å². The van der Waals surface area contributed by atoms with Gasteiger partial charge in [0.15, 0.2) is 11.5 Å². The molecule has 4 rings (SSSR count). The second kappa shape index (κ2) is 13.6. The highest BCUT2D eigenvalue weighted by molar-refractivity contribution is 5.96. The van der Waals surface area contributed by atoms with E-state index >= 15 is 0 Å². The number of urea groups is 1. The molecule has 2 heterocycles. The average Bonchev–Trinajstić information content (AvgIpc) is 3.00. The number of carbonyl (C=O) groups is 3. The monoisotopic (exact) mass is 618 g/mol. The first kappa shape index (κ1) is 32.6. The number of esters is 1. The smallest absolute Gasteiger partial charge is 0.416 e. The van der Waals surface area contributed by atoms with Gasteiger partial charge in [-0.3, -0.25) is 14.6 Å². The number of carbonyl (C=O) groups excluding carboxylic acids is 3. The SMILES string of the molecule is CCOC(=O)C1=C(CN2CCN(C(=O)c3ccc(C(F)(F)F)cc3)C(C)C2)N(CC)C(=O)NC1c1ccc(OC)c(OC)c1. The van der Waals surface area contributed by atoms with Crippen molar-refractivity contribution in [2.24, 2.45) is 0 Å². The minimum atomic E-state index is -4.49. The Balaban J connectivity index is 1.62. The summed E-state index contributed by atoms with van der Waals surface area (Å²) in [5.74, 6) is 0.000646. The zero-order chi connectivity index (χ0) is 32.2. The number of benzene rings is 2. The van der Waals surface area contributed by atoms with Crippen molar-refractivity contribution in [2.45, 2.75) is 39.0 Å². The van der Waals surface area contributed by atoms with Crippen molar-refractivity contribution in [1.29, 1.82) is 0 Å². The van der Waals surface area contributed by atoms with E-state index in [9.17, 15) is 27.6 Å². The van der Waals surface area contributed by atoms with Gasteiger partial charge in [0.1, 0.15) is 0 Å². The van der Waals surface area contributed by atoms with Crippen molar-refractivity contribution in [3.05, 3.63) is 70.4 Å². The van der Waals surface area contributed by atoms with Crippen molar-refractivity contribution in [3.63, 3.8) is 0 Å². The third-order valence-corrected chi connectivity index (χ3v) is 7.80. The summed E-state index contributed by atoms with van der Waals surface area (Å²) in [5, 5.41) is 2.93. The number of methoxy groups -OCH3 is 2. The first-order valence-electron chi connectivity index (χ1n) is 14.3. The number of hydrogen-bond donors (Lipinski definition) is 1. The van der Waals surface area contributed by atoms with Gasteiger partial charge in [-0.1, -0.05) is 6.07 Å². The summed E-state index contributed by atoms with van der Waals surface area (Å²) in [4.78, 5) is 45.2. The van der Waals surface area contributed by atoms with Crippen LogP contribution in [-0.4, -0.2) is 92.2 Å². The lowest BCUT2D eigenvalue weighted by atomic mass is 9.93. The summed E-state index contributed by atoms with van der Waals surface area (Å²) in [6.45, 7) is 7.15. The summed E-state index contributed by atoms with van der Waals surface area (Å²) >= 11 is 0. The van der Waals surface area contributed by atoms with E-state index in [-0.39, 0.29) is 42.3 Å². The van der Waals surface area contributed by atoms with Crippen LogP contribution in [-0.2, 0) is 15.7 Å². The van der Waals surface area contributed by atoms with E-state index in [2.05, 4.69) is 5.32 Å². The molecular formula is C31H37F3N4O6. The van der Waals surface area contributed by atoms with Crippen molar-refractivity contribution in [1.82, 2.24) is 20.0 Å². The van der Waals surface area contributed by atoms with Crippen LogP contribution < -0.4 is 14.8 Å². The van der Waals surface area contributed by atoms with Crippen LogP contribution in [0.1, 0.15) is 48.3 Å². The number of nitrogens with one attached hydrogen (secondary N) is 1. The van der Waals surface area contributed by atoms with Gasteiger partial charge in [-0.2, -0.15) is 13.2 Å². The molecule has 1 saturated heterocycles. The van der Waals surface area contributed by atoms with E-state index in [1.165, 1.54) is 31.3 Å². The molecule has 2 aliphatic heterocycles. The van der Waals surface area contributed by atoms with Gasteiger partial charge in [-0.15, -0.1) is 0 Å². The number of alkyl halides is 3. The van der Waals surface area contributed by atoms with E-state index in [0.29, 0.717) is 48.9 Å². The van der Waals surface area contributed by atoms with Crippen LogP contribution >= 0.6 is 0 Å². The second-order valence-electron chi connectivity index (χ2n) is 10.5. The molecular weight excluding hydrogens is 581 g/mol. The van der Waals surface area contributed by atoms with Gasteiger partial charge in [-0.25, -0.2) is 9.59 Å². The van der Waals surface area contributed by atoms with E-state index in [0.717, 1.165) is 12.1 Å². The molecule has 2 atom stereocenters. The molecule has 2 aliphatic rings. The predicted molar refractivity (Wildman–Crippen MR) is 155 cm³/mol. The van der Waals surface area contributed by atoms with E-state index < -0.39 is 23.8 Å². The van der Waals surface area contributed by atoms with E-state index in [1.807, 2.05) is 18.7 Å². The van der Waals surface area contributed by atoms with Crippen molar-refractivity contribution >= 4 is 17.9 Å². The molecule has 3 amide bonds. The largest absolute Gasteiger partial charge is 0.493 e. The number of rotatable bonds is 9. The molecule has 0 spiro atoms. The normalized spacial score (nSPS) is 19.5. The number of hydrogen-bond acceptors (Lipinski definition) is 7. The molecule has 0 bridgehead atoms. The molecule has 0 saturated carbocycles. The minimum absolute atomic E-state index is 0.135. The van der Waals surface area contributed by atoms with Gasteiger partial charge in [0, 0.05) is 50.0 Å². The molecule has 44 heavy (non-hydrogen) atoms. The lowest BCUT2D eigenvalue weighted by Gasteiger charge is -2.43. The van der Waals surface area contributed by atoms with Gasteiger partial charge in [-0.05, 0) is 62.7 Å². The fourth-order valence-electron chi connectivity index (χ4n) is 5.60. The van der Waals surface area contributed by atoms with Crippen molar-refractivity contribution in [2.75, 3.05) is 53.6 Å². The Hall–Kier alpha value is -4.26. The number of nitrogens with zero attached hydrogens (tertiary/aromatic N) is 3. The van der Waals surface area contributed by atoms with Gasteiger partial charge in [0.2, 0.25) is 0 Å². The maximum Gasteiger partial charge on any atom is 0.416 e. The third kappa shape index (κ3) is 6.77. The zero-order valence-electron chi connectivity index (χ0n) is 25.4. The summed E-state index contributed by atoms with van der Waals surface area (Å²) in [7, 11) is 3.01. The molecule has 1 fully saturated rings. The fraction of sp³-hybridized carbons (Fsp3) is 0.452. The Labute approximate surface area is 254 Å². The molecule has 2 unspecified atom stereocenters. The first-order chi connectivity index (χ1) is 20.9. The Morgan fingerprint density at radius 1 is 1.00 bits per heavy atom. The number of likely N-dealkylation sites (N-methyl/N-ethyl adjacent to an activating group) is 1. The first-order valence-corrected chi connectivity index (χ1v) is 14.3. The number of amides is 3. The van der Waals surface area contributed by atoms with Crippen molar-refractivity contribution < 1.29 is 41.8 Å². The van der Waals surface area contributed by atoms with Crippen molar-refractivity contribution in [3.8, 4) is 11.5 Å². The molecule has 0 aromatic heterocycles. The Morgan fingerprint density at radius 2 is 1.68 bits per heavy atom. The molecule has 1 N–H and O–H groups in total. The van der Waals surface area contributed by atoms with E-state index in [1.54, 1.807) is 30.0 Å². The summed E-state index contributed by atoms with van der Waals surface area (Å²) in [6.07, 6.45) is -4.49. The lowest BCUT2D eigenvalue weighted by Crippen LogP contribution is -2.56. The van der Waals surface area contributed by atoms with Crippen LogP contribution in [0, 0.1) is 0 Å². The Kier molecular flexibility index (Phi) is 10.1.